The van der Waals surface area contributed by atoms with Crippen LogP contribution in [0.2, 0.25) is 0 Å². The van der Waals surface area contributed by atoms with Crippen molar-refractivity contribution in [1.29, 1.82) is 0 Å². The second kappa shape index (κ2) is 6.07. The molecule has 0 saturated heterocycles. The first-order chi connectivity index (χ1) is 8.65. The summed E-state index contributed by atoms with van der Waals surface area (Å²) in [6, 6.07) is 0. The maximum absolute atomic E-state index is 12.7. The lowest BCUT2D eigenvalue weighted by Crippen LogP contribution is -2.45. The van der Waals surface area contributed by atoms with Crippen molar-refractivity contribution in [1.82, 2.24) is 0 Å². The molecular weight excluding hydrogens is 248 g/mol. The Labute approximate surface area is 126 Å². The molecule has 120 valence electrons. The highest BCUT2D eigenvalue weighted by Crippen LogP contribution is 2.48. The fraction of sp³-hybridized carbons (Fsp3) is 0.944. The van der Waals surface area contributed by atoms with Crippen molar-refractivity contribution < 1.29 is 9.53 Å². The van der Waals surface area contributed by atoms with Gasteiger partial charge in [-0.15, -0.1) is 0 Å². The molecule has 0 radical (unpaired) electrons. The predicted octanol–water partition coefficient (Wildman–Crippen LogP) is 5.45. The van der Waals surface area contributed by atoms with Gasteiger partial charge >= 0.3 is 5.97 Å². The summed E-state index contributed by atoms with van der Waals surface area (Å²) in [6.45, 7) is 21.9. The summed E-state index contributed by atoms with van der Waals surface area (Å²) in [5.74, 6) is -0.0542. The first-order valence-corrected chi connectivity index (χ1v) is 7.82. The largest absolute Gasteiger partial charge is 0.465 e. The van der Waals surface area contributed by atoms with Gasteiger partial charge in [-0.05, 0) is 29.6 Å². The van der Waals surface area contributed by atoms with Gasteiger partial charge in [0.1, 0.15) is 0 Å². The zero-order chi connectivity index (χ0) is 16.4. The Hall–Kier alpha value is -0.530. The third-order valence-electron chi connectivity index (χ3n) is 4.53. The van der Waals surface area contributed by atoms with Gasteiger partial charge in [-0.25, -0.2) is 0 Å². The fourth-order valence-electron chi connectivity index (χ4n) is 2.17. The van der Waals surface area contributed by atoms with E-state index < -0.39 is 5.41 Å². The van der Waals surface area contributed by atoms with E-state index in [-0.39, 0.29) is 22.2 Å². The van der Waals surface area contributed by atoms with Crippen LogP contribution < -0.4 is 0 Å². The minimum Gasteiger partial charge on any atom is -0.465 e. The maximum Gasteiger partial charge on any atom is 0.312 e. The van der Waals surface area contributed by atoms with Crippen LogP contribution >= 0.6 is 0 Å². The summed E-state index contributed by atoms with van der Waals surface area (Å²) in [4.78, 5) is 12.7. The molecule has 0 bridgehead atoms. The van der Waals surface area contributed by atoms with E-state index in [1.165, 1.54) is 0 Å². The Morgan fingerprint density at radius 2 is 1.35 bits per heavy atom. The van der Waals surface area contributed by atoms with Gasteiger partial charge < -0.3 is 4.74 Å². The quantitative estimate of drug-likeness (QED) is 0.627. The summed E-state index contributed by atoms with van der Waals surface area (Å²) in [5, 5.41) is 0. The summed E-state index contributed by atoms with van der Waals surface area (Å²) in [5.41, 5.74) is -0.427. The van der Waals surface area contributed by atoms with Crippen molar-refractivity contribution in [2.45, 2.75) is 82.1 Å². The molecule has 0 saturated carbocycles. The van der Waals surface area contributed by atoms with Gasteiger partial charge in [0.15, 0.2) is 0 Å². The molecule has 0 aliphatic rings. The lowest BCUT2D eigenvalue weighted by molar-refractivity contribution is -0.167. The smallest absolute Gasteiger partial charge is 0.312 e. The first kappa shape index (κ1) is 19.5. The topological polar surface area (TPSA) is 26.3 Å². The van der Waals surface area contributed by atoms with Crippen LogP contribution in [0.15, 0.2) is 0 Å². The Morgan fingerprint density at radius 1 is 0.900 bits per heavy atom. The summed E-state index contributed by atoms with van der Waals surface area (Å²) in [7, 11) is 0. The molecule has 0 rings (SSSR count). The molecule has 0 heterocycles. The normalized spacial score (nSPS) is 16.7. The van der Waals surface area contributed by atoms with E-state index in [0.29, 0.717) is 6.61 Å². The van der Waals surface area contributed by atoms with Crippen molar-refractivity contribution in [2.75, 3.05) is 6.61 Å². The SMILES string of the molecule is CCC(C)(C)CC(C)(C(=O)OCC(C)(C)C)C(C)(C)C. The van der Waals surface area contributed by atoms with E-state index in [4.69, 9.17) is 4.74 Å². The lowest BCUT2D eigenvalue weighted by Gasteiger charge is -2.44. The Morgan fingerprint density at radius 3 is 1.65 bits per heavy atom. The highest BCUT2D eigenvalue weighted by atomic mass is 16.5. The summed E-state index contributed by atoms with van der Waals surface area (Å²) < 4.78 is 5.65. The first-order valence-electron chi connectivity index (χ1n) is 7.82. The van der Waals surface area contributed by atoms with Crippen LogP contribution in [0.1, 0.15) is 82.1 Å². The number of hydrogen-bond donors (Lipinski definition) is 0. The molecule has 2 nitrogen and oxygen atoms in total. The highest BCUT2D eigenvalue weighted by molar-refractivity contribution is 5.77. The van der Waals surface area contributed by atoms with Crippen LogP contribution in [-0.4, -0.2) is 12.6 Å². The molecule has 0 aromatic rings. The second-order valence-electron chi connectivity index (χ2n) is 9.41. The molecule has 1 atom stereocenters. The van der Waals surface area contributed by atoms with Crippen LogP contribution in [0.3, 0.4) is 0 Å². The molecule has 0 aliphatic carbocycles. The van der Waals surface area contributed by atoms with E-state index in [9.17, 15) is 4.79 Å². The maximum atomic E-state index is 12.7. The molecule has 2 heteroatoms. The van der Waals surface area contributed by atoms with Crippen LogP contribution in [0.25, 0.3) is 0 Å². The number of carbonyl (C=O) groups excluding carboxylic acids is 1. The third kappa shape index (κ3) is 5.46. The Kier molecular flexibility index (Phi) is 5.91. The lowest BCUT2D eigenvalue weighted by atomic mass is 9.60. The van der Waals surface area contributed by atoms with Gasteiger partial charge in [0.2, 0.25) is 0 Å². The minimum atomic E-state index is -0.461. The molecule has 0 N–H and O–H groups in total. The standard InChI is InChI=1S/C18H36O2/c1-11-17(8,9)12-18(10,16(5,6)7)14(19)20-13-15(2,3)4/h11-13H2,1-10H3. The van der Waals surface area contributed by atoms with Crippen LogP contribution in [0, 0.1) is 21.7 Å². The summed E-state index contributed by atoms with van der Waals surface area (Å²) >= 11 is 0. The van der Waals surface area contributed by atoms with Crippen molar-refractivity contribution in [3.63, 3.8) is 0 Å². The second-order valence-corrected chi connectivity index (χ2v) is 9.41. The van der Waals surface area contributed by atoms with Gasteiger partial charge in [-0.3, -0.25) is 4.79 Å². The molecular formula is C18H36O2. The van der Waals surface area contributed by atoms with Gasteiger partial charge in [0.05, 0.1) is 12.0 Å². The molecule has 0 amide bonds. The average molecular weight is 284 g/mol. The molecule has 0 spiro atoms. The molecule has 0 aromatic carbocycles. The molecule has 0 aromatic heterocycles. The number of esters is 1. The van der Waals surface area contributed by atoms with Crippen LogP contribution in [-0.2, 0) is 9.53 Å². The molecule has 0 aliphatic heterocycles. The van der Waals surface area contributed by atoms with Crippen molar-refractivity contribution >= 4 is 5.97 Å². The zero-order valence-corrected chi connectivity index (χ0v) is 15.4. The molecule has 1 unspecified atom stereocenters. The molecule has 20 heavy (non-hydrogen) atoms. The number of carbonyl (C=O) groups is 1. The van der Waals surface area contributed by atoms with E-state index >= 15 is 0 Å². The minimum absolute atomic E-state index is 0.00866. The Balaban J connectivity index is 5.21. The predicted molar refractivity (Wildman–Crippen MR) is 86.7 cm³/mol. The monoisotopic (exact) mass is 284 g/mol. The fourth-order valence-corrected chi connectivity index (χ4v) is 2.17. The van der Waals surface area contributed by atoms with Gasteiger partial charge in [-0.2, -0.15) is 0 Å². The van der Waals surface area contributed by atoms with Crippen LogP contribution in [0.4, 0.5) is 0 Å². The number of ether oxygens (including phenoxy) is 1. The molecule has 0 fully saturated rings. The van der Waals surface area contributed by atoms with Crippen molar-refractivity contribution in [3.8, 4) is 0 Å². The van der Waals surface area contributed by atoms with E-state index in [0.717, 1.165) is 12.8 Å². The highest BCUT2D eigenvalue weighted by Gasteiger charge is 2.48. The third-order valence-corrected chi connectivity index (χ3v) is 4.53. The van der Waals surface area contributed by atoms with Crippen LogP contribution in [0.5, 0.6) is 0 Å². The summed E-state index contributed by atoms with van der Waals surface area (Å²) in [6.07, 6.45) is 1.91. The van der Waals surface area contributed by atoms with Gasteiger partial charge in [0, 0.05) is 0 Å². The van der Waals surface area contributed by atoms with Gasteiger partial charge in [-0.1, -0.05) is 68.7 Å². The Bertz CT molecular complexity index is 328. The van der Waals surface area contributed by atoms with E-state index in [1.807, 2.05) is 0 Å². The van der Waals surface area contributed by atoms with E-state index in [1.54, 1.807) is 0 Å². The van der Waals surface area contributed by atoms with Gasteiger partial charge in [0.25, 0.3) is 0 Å². The zero-order valence-electron chi connectivity index (χ0n) is 15.4. The van der Waals surface area contributed by atoms with Crippen molar-refractivity contribution in [3.05, 3.63) is 0 Å². The number of hydrogen-bond acceptors (Lipinski definition) is 2. The van der Waals surface area contributed by atoms with Crippen molar-refractivity contribution in [2.24, 2.45) is 21.7 Å². The van der Waals surface area contributed by atoms with E-state index in [2.05, 4.69) is 69.2 Å². The number of rotatable bonds is 5. The average Bonchev–Trinajstić information content (AvgIpc) is 2.22.